The molecule has 2 N–H and O–H groups in total. The predicted molar refractivity (Wildman–Crippen MR) is 70.4 cm³/mol. The first kappa shape index (κ1) is 13.7. The van der Waals surface area contributed by atoms with Crippen LogP contribution in [-0.2, 0) is 6.42 Å². The summed E-state index contributed by atoms with van der Waals surface area (Å²) in [5, 5.41) is 12.0. The van der Waals surface area contributed by atoms with Gasteiger partial charge in [-0.15, -0.1) is 0 Å². The van der Waals surface area contributed by atoms with Crippen molar-refractivity contribution in [2.24, 2.45) is 0 Å². The van der Waals surface area contributed by atoms with Crippen molar-refractivity contribution in [3.8, 4) is 5.75 Å². The summed E-state index contributed by atoms with van der Waals surface area (Å²) >= 11 is 0. The highest BCUT2D eigenvalue weighted by atomic mass is 16.5. The highest BCUT2D eigenvalue weighted by Gasteiger charge is 1.97. The van der Waals surface area contributed by atoms with E-state index in [1.807, 2.05) is 24.3 Å². The summed E-state index contributed by atoms with van der Waals surface area (Å²) in [6.45, 7) is 8.44. The van der Waals surface area contributed by atoms with Crippen LogP contribution in [0.4, 0.5) is 0 Å². The number of ether oxygens (including phenoxy) is 1. The van der Waals surface area contributed by atoms with Crippen LogP contribution in [0.1, 0.15) is 12.5 Å². The Morgan fingerprint density at radius 2 is 2.06 bits per heavy atom. The minimum atomic E-state index is 0.180. The van der Waals surface area contributed by atoms with Gasteiger partial charge in [0.25, 0.3) is 0 Å². The Labute approximate surface area is 103 Å². The van der Waals surface area contributed by atoms with E-state index in [1.165, 1.54) is 0 Å². The van der Waals surface area contributed by atoms with Crippen LogP contribution in [0.3, 0.4) is 0 Å². The molecule has 0 aliphatic rings. The highest BCUT2D eigenvalue weighted by molar-refractivity contribution is 5.27. The van der Waals surface area contributed by atoms with Gasteiger partial charge in [-0.3, -0.25) is 0 Å². The van der Waals surface area contributed by atoms with Gasteiger partial charge in [0, 0.05) is 13.2 Å². The molecule has 0 heterocycles. The Balaban J connectivity index is 2.34. The minimum Gasteiger partial charge on any atom is -0.489 e. The third kappa shape index (κ3) is 5.52. The Kier molecular flexibility index (Phi) is 6.37. The predicted octanol–water partition coefficient (Wildman–Crippen LogP) is 1.77. The molecule has 0 atom stereocenters. The molecule has 1 rings (SSSR count). The quantitative estimate of drug-likeness (QED) is 0.675. The molecular weight excluding hydrogens is 214 g/mol. The van der Waals surface area contributed by atoms with Gasteiger partial charge in [-0.25, -0.2) is 0 Å². The summed E-state index contributed by atoms with van der Waals surface area (Å²) in [4.78, 5) is 0. The zero-order valence-corrected chi connectivity index (χ0v) is 10.4. The number of hydrogen-bond donors (Lipinski definition) is 2. The Hall–Kier alpha value is -1.32. The fourth-order valence-corrected chi connectivity index (χ4v) is 1.42. The molecule has 1 aromatic rings. The van der Waals surface area contributed by atoms with Crippen LogP contribution in [0.25, 0.3) is 0 Å². The fourth-order valence-electron chi connectivity index (χ4n) is 1.42. The molecule has 0 aliphatic heterocycles. The standard InChI is InChI=1S/C14H21NO2/c1-3-15-10-12(2)11-17-14-6-4-13(5-7-14)8-9-16/h4-7,15-16H,2-3,8-11H2,1H3. The summed E-state index contributed by atoms with van der Waals surface area (Å²) in [7, 11) is 0. The summed E-state index contributed by atoms with van der Waals surface area (Å²) in [5.74, 6) is 0.837. The Morgan fingerprint density at radius 1 is 1.35 bits per heavy atom. The van der Waals surface area contributed by atoms with E-state index in [4.69, 9.17) is 9.84 Å². The molecule has 3 nitrogen and oxygen atoms in total. The summed E-state index contributed by atoms with van der Waals surface area (Å²) < 4.78 is 5.60. The molecule has 94 valence electrons. The molecule has 1 aromatic carbocycles. The minimum absolute atomic E-state index is 0.180. The van der Waals surface area contributed by atoms with Crippen molar-refractivity contribution in [2.45, 2.75) is 13.3 Å². The smallest absolute Gasteiger partial charge is 0.119 e. The van der Waals surface area contributed by atoms with E-state index in [0.717, 1.165) is 30.0 Å². The number of aliphatic hydroxyl groups is 1. The fraction of sp³-hybridized carbons (Fsp3) is 0.429. The van der Waals surface area contributed by atoms with Gasteiger partial charge in [-0.1, -0.05) is 25.6 Å². The molecule has 17 heavy (non-hydrogen) atoms. The second kappa shape index (κ2) is 7.87. The third-order valence-electron chi connectivity index (χ3n) is 2.39. The van der Waals surface area contributed by atoms with Gasteiger partial charge >= 0.3 is 0 Å². The van der Waals surface area contributed by atoms with Crippen LogP contribution in [0.15, 0.2) is 36.4 Å². The largest absolute Gasteiger partial charge is 0.489 e. The van der Waals surface area contributed by atoms with Gasteiger partial charge in [0.05, 0.1) is 0 Å². The van der Waals surface area contributed by atoms with Gasteiger partial charge in [0.1, 0.15) is 12.4 Å². The van der Waals surface area contributed by atoms with Gasteiger partial charge in [0.2, 0.25) is 0 Å². The normalized spacial score (nSPS) is 10.2. The molecule has 0 fully saturated rings. The van der Waals surface area contributed by atoms with E-state index in [2.05, 4.69) is 18.8 Å². The molecule has 0 radical (unpaired) electrons. The van der Waals surface area contributed by atoms with Crippen molar-refractivity contribution in [3.63, 3.8) is 0 Å². The molecule has 0 saturated carbocycles. The highest BCUT2D eigenvalue weighted by Crippen LogP contribution is 2.13. The van der Waals surface area contributed by atoms with Crippen LogP contribution < -0.4 is 10.1 Å². The number of aliphatic hydroxyl groups excluding tert-OH is 1. The molecule has 0 bridgehead atoms. The van der Waals surface area contributed by atoms with Crippen molar-refractivity contribution in [1.82, 2.24) is 5.32 Å². The van der Waals surface area contributed by atoms with Crippen LogP contribution >= 0.6 is 0 Å². The first-order chi connectivity index (χ1) is 8.26. The molecule has 0 aliphatic carbocycles. The second-order valence-corrected chi connectivity index (χ2v) is 3.94. The molecule has 0 aromatic heterocycles. The van der Waals surface area contributed by atoms with Gasteiger partial charge in [-0.05, 0) is 36.2 Å². The average Bonchev–Trinajstić information content (AvgIpc) is 2.36. The van der Waals surface area contributed by atoms with Crippen molar-refractivity contribution in [3.05, 3.63) is 42.0 Å². The number of benzene rings is 1. The lowest BCUT2D eigenvalue weighted by molar-refractivity contribution is 0.299. The van der Waals surface area contributed by atoms with Gasteiger partial charge < -0.3 is 15.2 Å². The molecule has 0 saturated heterocycles. The Morgan fingerprint density at radius 3 is 2.65 bits per heavy atom. The van der Waals surface area contributed by atoms with Gasteiger partial charge in [0.15, 0.2) is 0 Å². The average molecular weight is 235 g/mol. The van der Waals surface area contributed by atoms with Crippen LogP contribution in [0, 0.1) is 0 Å². The van der Waals surface area contributed by atoms with E-state index in [1.54, 1.807) is 0 Å². The molecule has 0 spiro atoms. The SMILES string of the molecule is C=C(CNCC)COc1ccc(CCO)cc1. The monoisotopic (exact) mass is 235 g/mol. The molecule has 0 amide bonds. The van der Waals surface area contributed by atoms with Crippen molar-refractivity contribution in [1.29, 1.82) is 0 Å². The van der Waals surface area contributed by atoms with Crippen molar-refractivity contribution in [2.75, 3.05) is 26.3 Å². The lowest BCUT2D eigenvalue weighted by Crippen LogP contribution is -2.18. The maximum absolute atomic E-state index is 8.80. The molecule has 0 unspecified atom stereocenters. The third-order valence-corrected chi connectivity index (χ3v) is 2.39. The van der Waals surface area contributed by atoms with Crippen molar-refractivity contribution < 1.29 is 9.84 Å². The van der Waals surface area contributed by atoms with E-state index in [9.17, 15) is 0 Å². The zero-order valence-electron chi connectivity index (χ0n) is 10.4. The van der Waals surface area contributed by atoms with Crippen LogP contribution in [-0.4, -0.2) is 31.4 Å². The van der Waals surface area contributed by atoms with E-state index >= 15 is 0 Å². The first-order valence-electron chi connectivity index (χ1n) is 5.96. The van der Waals surface area contributed by atoms with Crippen LogP contribution in [0.2, 0.25) is 0 Å². The lowest BCUT2D eigenvalue weighted by Gasteiger charge is -2.09. The first-order valence-corrected chi connectivity index (χ1v) is 5.96. The van der Waals surface area contributed by atoms with E-state index < -0.39 is 0 Å². The number of likely N-dealkylation sites (N-methyl/N-ethyl adjacent to an activating group) is 1. The van der Waals surface area contributed by atoms with Crippen LogP contribution in [0.5, 0.6) is 5.75 Å². The molecule has 3 heteroatoms. The number of hydrogen-bond acceptors (Lipinski definition) is 3. The topological polar surface area (TPSA) is 41.5 Å². The summed E-state index contributed by atoms with van der Waals surface area (Å²) in [6.07, 6.45) is 0.688. The number of nitrogens with one attached hydrogen (secondary N) is 1. The maximum atomic E-state index is 8.80. The van der Waals surface area contributed by atoms with E-state index in [0.29, 0.717) is 13.0 Å². The van der Waals surface area contributed by atoms with Gasteiger partial charge in [-0.2, -0.15) is 0 Å². The number of rotatable bonds is 8. The zero-order chi connectivity index (χ0) is 12.5. The molecular formula is C14H21NO2. The maximum Gasteiger partial charge on any atom is 0.119 e. The lowest BCUT2D eigenvalue weighted by atomic mass is 10.1. The van der Waals surface area contributed by atoms with Crippen molar-refractivity contribution >= 4 is 0 Å². The summed E-state index contributed by atoms with van der Waals surface area (Å²) in [6, 6.07) is 7.79. The second-order valence-electron chi connectivity index (χ2n) is 3.94. The summed E-state index contributed by atoms with van der Waals surface area (Å²) in [5.41, 5.74) is 2.15. The van der Waals surface area contributed by atoms with E-state index in [-0.39, 0.29) is 6.61 Å². The Bertz CT molecular complexity index is 333.